The average Bonchev–Trinajstić information content (AvgIpc) is 3.22. The van der Waals surface area contributed by atoms with Gasteiger partial charge in [0.2, 0.25) is 0 Å². The van der Waals surface area contributed by atoms with Crippen LogP contribution in [0.2, 0.25) is 5.02 Å². The van der Waals surface area contributed by atoms with Crippen molar-refractivity contribution in [1.29, 1.82) is 0 Å². The van der Waals surface area contributed by atoms with E-state index in [1.165, 1.54) is 43.2 Å². The van der Waals surface area contributed by atoms with Gasteiger partial charge in [-0.15, -0.1) is 22.0 Å². The highest BCUT2D eigenvalue weighted by atomic mass is 35.5. The molecule has 0 unspecified atom stereocenters. The molecule has 4 rings (SSSR count). The average molecular weight is 488 g/mol. The van der Waals surface area contributed by atoms with Crippen LogP contribution in [0.25, 0.3) is 0 Å². The van der Waals surface area contributed by atoms with Gasteiger partial charge in [0.05, 0.1) is 11.5 Å². The Morgan fingerprint density at radius 1 is 1.03 bits per heavy atom. The Morgan fingerprint density at radius 3 is 2.53 bits per heavy atom. The molecule has 0 aliphatic heterocycles. The van der Waals surface area contributed by atoms with E-state index in [-0.39, 0.29) is 11.5 Å². The predicted octanol–water partition coefficient (Wildman–Crippen LogP) is 6.55. The van der Waals surface area contributed by atoms with Crippen molar-refractivity contribution in [1.82, 2.24) is 14.8 Å². The highest BCUT2D eigenvalue weighted by Crippen LogP contribution is 2.34. The van der Waals surface area contributed by atoms with E-state index in [1.54, 1.807) is 23.9 Å². The lowest BCUT2D eigenvalue weighted by molar-refractivity contribution is 0.102. The van der Waals surface area contributed by atoms with Gasteiger partial charge in [-0.05, 0) is 48.7 Å². The van der Waals surface area contributed by atoms with E-state index in [2.05, 4.69) is 20.8 Å². The van der Waals surface area contributed by atoms with Gasteiger partial charge in [0.1, 0.15) is 11.6 Å². The molecule has 5 nitrogen and oxygen atoms in total. The number of phenolic OH excluding ortho intramolecular Hbond substituents is 1. The number of phenols is 1. The first kappa shape index (κ1) is 23.2. The number of rotatable bonds is 9. The Bertz CT molecular complexity index is 1050. The van der Waals surface area contributed by atoms with E-state index in [1.807, 2.05) is 18.2 Å². The van der Waals surface area contributed by atoms with E-state index in [9.17, 15) is 9.90 Å². The lowest BCUT2D eigenvalue weighted by Gasteiger charge is -2.25. The summed E-state index contributed by atoms with van der Waals surface area (Å²) in [5.74, 6) is 3.00. The minimum absolute atomic E-state index is 0.0165. The Labute approximate surface area is 202 Å². The number of carbonyl (C=O) groups excluding carboxylic acids is 1. The van der Waals surface area contributed by atoms with Gasteiger partial charge in [-0.2, -0.15) is 0 Å². The largest absolute Gasteiger partial charge is 0.508 e. The van der Waals surface area contributed by atoms with Crippen LogP contribution >= 0.6 is 35.1 Å². The van der Waals surface area contributed by atoms with Gasteiger partial charge in [0, 0.05) is 22.4 Å². The molecule has 3 aromatic rings. The van der Waals surface area contributed by atoms with Crippen molar-refractivity contribution < 1.29 is 9.90 Å². The van der Waals surface area contributed by atoms with Crippen molar-refractivity contribution in [2.75, 3.05) is 5.75 Å². The van der Waals surface area contributed by atoms with Crippen LogP contribution in [0.15, 0.2) is 53.7 Å². The van der Waals surface area contributed by atoms with Crippen molar-refractivity contribution >= 4 is 40.9 Å². The minimum atomic E-state index is 0.0165. The molecule has 0 spiro atoms. The summed E-state index contributed by atoms with van der Waals surface area (Å²) < 4.78 is 2.27. The molecular weight excluding hydrogens is 462 g/mol. The van der Waals surface area contributed by atoms with Gasteiger partial charge < -0.3 is 9.67 Å². The van der Waals surface area contributed by atoms with Crippen LogP contribution in [0, 0.1) is 0 Å². The van der Waals surface area contributed by atoms with Crippen molar-refractivity contribution in [3.63, 3.8) is 0 Å². The Hall–Kier alpha value is -1.96. The molecule has 1 N–H and O–H groups in total. The second-order valence-corrected chi connectivity index (χ2v) is 10.2. The van der Waals surface area contributed by atoms with Gasteiger partial charge >= 0.3 is 0 Å². The van der Waals surface area contributed by atoms with Crippen LogP contribution in [0.5, 0.6) is 5.75 Å². The van der Waals surface area contributed by atoms with Gasteiger partial charge in [-0.1, -0.05) is 60.8 Å². The van der Waals surface area contributed by atoms with E-state index in [0.717, 1.165) is 45.9 Å². The molecule has 1 fully saturated rings. The molecule has 168 valence electrons. The molecule has 1 heterocycles. The van der Waals surface area contributed by atoms with E-state index in [4.69, 9.17) is 11.6 Å². The molecular formula is C24H26ClN3O2S2. The third-order valence-electron chi connectivity index (χ3n) is 5.64. The van der Waals surface area contributed by atoms with E-state index < -0.39 is 0 Å². The molecule has 1 aliphatic rings. The fourth-order valence-electron chi connectivity index (χ4n) is 3.94. The second kappa shape index (κ2) is 11.3. The zero-order valence-corrected chi connectivity index (χ0v) is 20.1. The Morgan fingerprint density at radius 2 is 1.78 bits per heavy atom. The van der Waals surface area contributed by atoms with E-state index >= 15 is 0 Å². The molecule has 8 heteroatoms. The number of halogens is 1. The van der Waals surface area contributed by atoms with Gasteiger partial charge in [0.25, 0.3) is 0 Å². The number of aromatic nitrogens is 3. The van der Waals surface area contributed by atoms with Crippen molar-refractivity contribution in [2.45, 2.75) is 54.8 Å². The van der Waals surface area contributed by atoms with Crippen LogP contribution in [0.3, 0.4) is 0 Å². The summed E-state index contributed by atoms with van der Waals surface area (Å²) in [5, 5.41) is 20.0. The molecule has 0 saturated heterocycles. The first-order chi connectivity index (χ1) is 15.6. The van der Waals surface area contributed by atoms with Crippen LogP contribution in [-0.2, 0) is 11.5 Å². The molecule has 0 bridgehead atoms. The van der Waals surface area contributed by atoms with Gasteiger partial charge in [-0.25, -0.2) is 0 Å². The third-order valence-corrected chi connectivity index (χ3v) is 7.93. The first-order valence-electron chi connectivity index (χ1n) is 10.8. The highest BCUT2D eigenvalue weighted by molar-refractivity contribution is 7.99. The van der Waals surface area contributed by atoms with Crippen molar-refractivity contribution in [2.24, 2.45) is 0 Å². The molecule has 1 aromatic heterocycles. The SMILES string of the molecule is O=C(CSc1nnc(CSCc2ccccc2Cl)n1C1CCCCC1)c1ccc(O)cc1. The molecule has 0 atom stereocenters. The number of aromatic hydroxyl groups is 1. The summed E-state index contributed by atoms with van der Waals surface area (Å²) in [6.07, 6.45) is 5.95. The highest BCUT2D eigenvalue weighted by Gasteiger charge is 2.23. The summed E-state index contributed by atoms with van der Waals surface area (Å²) in [6, 6.07) is 14.7. The number of hydrogen-bond donors (Lipinski definition) is 1. The lowest BCUT2D eigenvalue weighted by Crippen LogP contribution is -2.17. The minimum Gasteiger partial charge on any atom is -0.508 e. The van der Waals surface area contributed by atoms with Crippen LogP contribution < -0.4 is 0 Å². The Balaban J connectivity index is 1.45. The van der Waals surface area contributed by atoms with E-state index in [0.29, 0.717) is 17.4 Å². The number of Topliss-reactive ketones (excluding diaryl/α,β-unsaturated/α-hetero) is 1. The lowest BCUT2D eigenvalue weighted by atomic mass is 9.95. The summed E-state index contributed by atoms with van der Waals surface area (Å²) in [4.78, 5) is 12.6. The number of benzene rings is 2. The fourth-order valence-corrected chi connectivity index (χ4v) is 6.09. The molecule has 2 aromatic carbocycles. The van der Waals surface area contributed by atoms with Crippen molar-refractivity contribution in [3.05, 3.63) is 70.5 Å². The first-order valence-corrected chi connectivity index (χ1v) is 13.3. The van der Waals surface area contributed by atoms with Gasteiger partial charge in [-0.3, -0.25) is 4.79 Å². The quantitative estimate of drug-likeness (QED) is 0.272. The third kappa shape index (κ3) is 5.88. The summed E-state index contributed by atoms with van der Waals surface area (Å²) >= 11 is 9.53. The molecule has 1 saturated carbocycles. The maximum Gasteiger partial charge on any atom is 0.191 e. The van der Waals surface area contributed by atoms with Gasteiger partial charge in [0.15, 0.2) is 10.9 Å². The smallest absolute Gasteiger partial charge is 0.191 e. The van der Waals surface area contributed by atoms with Crippen LogP contribution in [0.1, 0.15) is 59.9 Å². The summed E-state index contributed by atoms with van der Waals surface area (Å²) in [6.45, 7) is 0. The number of thioether (sulfide) groups is 2. The van der Waals surface area contributed by atoms with Crippen LogP contribution in [0.4, 0.5) is 0 Å². The zero-order chi connectivity index (χ0) is 22.3. The van der Waals surface area contributed by atoms with Crippen molar-refractivity contribution in [3.8, 4) is 5.75 Å². The maximum absolute atomic E-state index is 12.6. The summed E-state index contributed by atoms with van der Waals surface area (Å²) in [5.41, 5.74) is 1.71. The molecule has 32 heavy (non-hydrogen) atoms. The maximum atomic E-state index is 12.6. The predicted molar refractivity (Wildman–Crippen MR) is 132 cm³/mol. The van der Waals surface area contributed by atoms with Crippen LogP contribution in [-0.4, -0.2) is 31.4 Å². The zero-order valence-electron chi connectivity index (χ0n) is 17.7. The number of hydrogen-bond acceptors (Lipinski definition) is 6. The number of carbonyl (C=O) groups is 1. The normalized spacial score (nSPS) is 14.5. The molecule has 1 aliphatic carbocycles. The number of ketones is 1. The Kier molecular flexibility index (Phi) is 8.16. The standard InChI is InChI=1S/C24H26ClN3O2S2/c25-21-9-5-4-6-18(21)14-31-16-23-26-27-24(28(23)19-7-2-1-3-8-19)32-15-22(30)17-10-12-20(29)13-11-17/h4-6,9-13,19,29H,1-3,7-8,14-16H2. The fraction of sp³-hybridized carbons (Fsp3) is 0.375. The topological polar surface area (TPSA) is 68.0 Å². The molecule has 0 radical (unpaired) electrons. The second-order valence-electron chi connectivity index (χ2n) is 7.90. The number of nitrogens with zero attached hydrogens (tertiary/aromatic N) is 3. The molecule has 0 amide bonds. The summed E-state index contributed by atoms with van der Waals surface area (Å²) in [7, 11) is 0. The monoisotopic (exact) mass is 487 g/mol.